The Hall–Kier alpha value is -0.530. The van der Waals surface area contributed by atoms with Crippen LogP contribution >= 0.6 is 0 Å². The summed E-state index contributed by atoms with van der Waals surface area (Å²) in [6.45, 7) is 5.01. The van der Waals surface area contributed by atoms with E-state index in [4.69, 9.17) is 4.74 Å². The number of ether oxygens (including phenoxy) is 1. The third-order valence-corrected chi connectivity index (χ3v) is 3.52. The average Bonchev–Trinajstić information content (AvgIpc) is 2.42. The standard InChI is InChI=1S/C10H16O2/c1-6-3-4-8-7(2)5-12-10(11)9(6)8/h6-9H,3-5H2,1-2H3/t6-,7-,8?,9-/m0/s1. The maximum atomic E-state index is 11.4. The Morgan fingerprint density at radius 1 is 1.25 bits per heavy atom. The molecule has 1 saturated heterocycles. The monoisotopic (exact) mass is 168 g/mol. The van der Waals surface area contributed by atoms with E-state index in [0.29, 0.717) is 24.4 Å². The van der Waals surface area contributed by atoms with Gasteiger partial charge in [-0.05, 0) is 30.6 Å². The van der Waals surface area contributed by atoms with Crippen LogP contribution in [0.5, 0.6) is 0 Å². The Kier molecular flexibility index (Phi) is 1.85. The summed E-state index contributed by atoms with van der Waals surface area (Å²) in [7, 11) is 0. The highest BCUT2D eigenvalue weighted by molar-refractivity contribution is 5.74. The van der Waals surface area contributed by atoms with Crippen molar-refractivity contribution in [2.24, 2.45) is 23.7 Å². The fourth-order valence-electron chi connectivity index (χ4n) is 2.72. The lowest BCUT2D eigenvalue weighted by Crippen LogP contribution is -2.37. The number of hydrogen-bond acceptors (Lipinski definition) is 2. The molecule has 2 nitrogen and oxygen atoms in total. The highest BCUT2D eigenvalue weighted by Gasteiger charge is 2.45. The molecule has 12 heavy (non-hydrogen) atoms. The van der Waals surface area contributed by atoms with Gasteiger partial charge in [0.15, 0.2) is 0 Å². The highest BCUT2D eigenvalue weighted by Crippen LogP contribution is 2.44. The van der Waals surface area contributed by atoms with Gasteiger partial charge in [0, 0.05) is 0 Å². The molecule has 0 aromatic carbocycles. The molecular formula is C10H16O2. The van der Waals surface area contributed by atoms with E-state index in [0.717, 1.165) is 0 Å². The maximum Gasteiger partial charge on any atom is 0.309 e. The van der Waals surface area contributed by atoms with Gasteiger partial charge in [-0.3, -0.25) is 4.79 Å². The van der Waals surface area contributed by atoms with Crippen molar-refractivity contribution in [2.75, 3.05) is 6.61 Å². The molecule has 0 aromatic heterocycles. The van der Waals surface area contributed by atoms with Gasteiger partial charge >= 0.3 is 5.97 Å². The Bertz CT molecular complexity index is 200. The van der Waals surface area contributed by atoms with Crippen LogP contribution in [0.2, 0.25) is 0 Å². The van der Waals surface area contributed by atoms with Gasteiger partial charge < -0.3 is 4.74 Å². The van der Waals surface area contributed by atoms with Crippen molar-refractivity contribution < 1.29 is 9.53 Å². The first kappa shape index (κ1) is 8.09. The number of hydrogen-bond donors (Lipinski definition) is 0. The molecule has 1 aliphatic heterocycles. The van der Waals surface area contributed by atoms with E-state index >= 15 is 0 Å². The first-order valence-electron chi connectivity index (χ1n) is 4.87. The summed E-state index contributed by atoms with van der Waals surface area (Å²) in [5.41, 5.74) is 0. The molecule has 68 valence electrons. The van der Waals surface area contributed by atoms with Crippen molar-refractivity contribution in [3.8, 4) is 0 Å². The number of carbonyl (C=O) groups is 1. The number of esters is 1. The van der Waals surface area contributed by atoms with Gasteiger partial charge in [-0.2, -0.15) is 0 Å². The number of fused-ring (bicyclic) bond motifs is 1. The first-order chi connectivity index (χ1) is 5.70. The zero-order chi connectivity index (χ0) is 8.72. The second-order valence-corrected chi connectivity index (χ2v) is 4.35. The van der Waals surface area contributed by atoms with Gasteiger partial charge in [-0.25, -0.2) is 0 Å². The van der Waals surface area contributed by atoms with Gasteiger partial charge in [0.1, 0.15) is 0 Å². The average molecular weight is 168 g/mol. The van der Waals surface area contributed by atoms with Crippen LogP contribution < -0.4 is 0 Å². The molecule has 0 aromatic rings. The van der Waals surface area contributed by atoms with E-state index < -0.39 is 0 Å². The number of carbonyl (C=O) groups excluding carboxylic acids is 1. The lowest BCUT2D eigenvalue weighted by atomic mass is 9.81. The zero-order valence-corrected chi connectivity index (χ0v) is 7.75. The second kappa shape index (κ2) is 2.75. The molecule has 1 aliphatic carbocycles. The van der Waals surface area contributed by atoms with Crippen molar-refractivity contribution in [3.63, 3.8) is 0 Å². The Morgan fingerprint density at radius 3 is 2.67 bits per heavy atom. The quantitative estimate of drug-likeness (QED) is 0.516. The molecule has 4 atom stereocenters. The third kappa shape index (κ3) is 1.05. The van der Waals surface area contributed by atoms with Crippen LogP contribution in [-0.4, -0.2) is 12.6 Å². The molecule has 1 saturated carbocycles. The summed E-state index contributed by atoms with van der Waals surface area (Å²) < 4.78 is 5.14. The van der Waals surface area contributed by atoms with E-state index in [2.05, 4.69) is 13.8 Å². The third-order valence-electron chi connectivity index (χ3n) is 3.52. The van der Waals surface area contributed by atoms with Crippen LogP contribution in [0.15, 0.2) is 0 Å². The number of rotatable bonds is 0. The predicted octanol–water partition coefficient (Wildman–Crippen LogP) is 1.84. The van der Waals surface area contributed by atoms with Crippen LogP contribution in [0.4, 0.5) is 0 Å². The van der Waals surface area contributed by atoms with Crippen LogP contribution in [0, 0.1) is 23.7 Å². The Balaban J connectivity index is 2.18. The fraction of sp³-hybridized carbons (Fsp3) is 0.900. The molecule has 2 rings (SSSR count). The first-order valence-corrected chi connectivity index (χ1v) is 4.87. The molecule has 0 N–H and O–H groups in total. The van der Waals surface area contributed by atoms with Crippen molar-refractivity contribution in [1.29, 1.82) is 0 Å². The summed E-state index contributed by atoms with van der Waals surface area (Å²) in [5, 5.41) is 0. The lowest BCUT2D eigenvalue weighted by molar-refractivity contribution is -0.160. The summed E-state index contributed by atoms with van der Waals surface area (Å²) in [4.78, 5) is 11.4. The predicted molar refractivity (Wildman–Crippen MR) is 45.5 cm³/mol. The van der Waals surface area contributed by atoms with Crippen LogP contribution in [0.3, 0.4) is 0 Å². The van der Waals surface area contributed by atoms with E-state index in [1.54, 1.807) is 0 Å². The molecule has 0 amide bonds. The van der Waals surface area contributed by atoms with E-state index in [9.17, 15) is 4.79 Å². The van der Waals surface area contributed by atoms with Gasteiger partial charge in [0.2, 0.25) is 0 Å². The zero-order valence-electron chi connectivity index (χ0n) is 7.75. The summed E-state index contributed by atoms with van der Waals surface area (Å²) in [6.07, 6.45) is 2.43. The van der Waals surface area contributed by atoms with Crippen molar-refractivity contribution in [2.45, 2.75) is 26.7 Å². The second-order valence-electron chi connectivity index (χ2n) is 4.35. The van der Waals surface area contributed by atoms with E-state index in [1.165, 1.54) is 12.8 Å². The smallest absolute Gasteiger partial charge is 0.309 e. The Morgan fingerprint density at radius 2 is 2.00 bits per heavy atom. The molecule has 1 unspecified atom stereocenters. The molecule has 2 aliphatic rings. The molecular weight excluding hydrogens is 152 g/mol. The molecule has 2 heteroatoms. The van der Waals surface area contributed by atoms with Crippen molar-refractivity contribution in [3.05, 3.63) is 0 Å². The molecule has 0 spiro atoms. The largest absolute Gasteiger partial charge is 0.465 e. The summed E-state index contributed by atoms with van der Waals surface area (Å²) >= 11 is 0. The minimum atomic E-state index is 0.0584. The van der Waals surface area contributed by atoms with Gasteiger partial charge in [-0.15, -0.1) is 0 Å². The maximum absolute atomic E-state index is 11.4. The van der Waals surface area contributed by atoms with Gasteiger partial charge in [0.25, 0.3) is 0 Å². The topological polar surface area (TPSA) is 26.3 Å². The normalized spacial score (nSPS) is 47.0. The van der Waals surface area contributed by atoms with Crippen LogP contribution in [0.1, 0.15) is 26.7 Å². The molecule has 1 heterocycles. The minimum Gasteiger partial charge on any atom is -0.465 e. The van der Waals surface area contributed by atoms with Crippen LogP contribution in [0.25, 0.3) is 0 Å². The van der Waals surface area contributed by atoms with Crippen molar-refractivity contribution in [1.82, 2.24) is 0 Å². The molecule has 0 bridgehead atoms. The Labute approximate surface area is 73.3 Å². The molecule has 2 fully saturated rings. The van der Waals surface area contributed by atoms with Gasteiger partial charge in [0.05, 0.1) is 12.5 Å². The fourth-order valence-corrected chi connectivity index (χ4v) is 2.72. The summed E-state index contributed by atoms with van der Waals surface area (Å²) in [5.74, 6) is 2.01. The van der Waals surface area contributed by atoms with Crippen LogP contribution in [-0.2, 0) is 9.53 Å². The minimum absolute atomic E-state index is 0.0584. The highest BCUT2D eigenvalue weighted by atomic mass is 16.5. The van der Waals surface area contributed by atoms with Gasteiger partial charge in [-0.1, -0.05) is 13.8 Å². The molecule has 0 radical (unpaired) electrons. The SMILES string of the molecule is C[C@H]1COC(=O)[C@@H]2C1CC[C@@H]2C. The van der Waals surface area contributed by atoms with E-state index in [1.807, 2.05) is 0 Å². The summed E-state index contributed by atoms with van der Waals surface area (Å²) in [6, 6.07) is 0. The van der Waals surface area contributed by atoms with Crippen molar-refractivity contribution >= 4 is 5.97 Å². The number of cyclic esters (lactones) is 1. The lowest BCUT2D eigenvalue weighted by Gasteiger charge is -2.31. The van der Waals surface area contributed by atoms with E-state index in [-0.39, 0.29) is 11.9 Å².